The Hall–Kier alpha value is -8.66. The monoisotopic (exact) mass is 825 g/mol. The van der Waals surface area contributed by atoms with E-state index >= 15 is 0 Å². The standard InChI is InChI=1S/C62H39N3/c1-3-14-40(15-4-1)47-36-48(41-16-5-2-6-17-41)38-49(37-47)42-26-28-45(29-27-42)61-55-23-11-12-25-56(55)63-62(64-61)54-24-13-20-46-39-50(32-33-51(46)54)65-57-34-30-43-18-7-9-21-52(43)59(57)60-53-22-10-8-19-44(53)31-35-58(60)65/h1-39H. The third-order valence-electron chi connectivity index (χ3n) is 13.2. The zero-order valence-electron chi connectivity index (χ0n) is 35.4. The van der Waals surface area contributed by atoms with Crippen molar-refractivity contribution in [2.75, 3.05) is 0 Å². The summed E-state index contributed by atoms with van der Waals surface area (Å²) >= 11 is 0. The van der Waals surface area contributed by atoms with Gasteiger partial charge in [-0.2, -0.15) is 0 Å². The van der Waals surface area contributed by atoms with Gasteiger partial charge in [-0.3, -0.25) is 0 Å². The molecule has 2 aromatic heterocycles. The van der Waals surface area contributed by atoms with Crippen molar-refractivity contribution in [3.8, 4) is 61.7 Å². The van der Waals surface area contributed by atoms with Gasteiger partial charge < -0.3 is 4.57 Å². The summed E-state index contributed by atoms with van der Waals surface area (Å²) in [6.07, 6.45) is 0. The lowest BCUT2D eigenvalue weighted by molar-refractivity contribution is 1.19. The average molecular weight is 826 g/mol. The summed E-state index contributed by atoms with van der Waals surface area (Å²) in [7, 11) is 0. The predicted molar refractivity (Wildman–Crippen MR) is 274 cm³/mol. The van der Waals surface area contributed by atoms with Crippen molar-refractivity contribution >= 4 is 65.0 Å². The molecule has 0 saturated carbocycles. The predicted octanol–water partition coefficient (Wildman–Crippen LogP) is 16.5. The minimum Gasteiger partial charge on any atom is -0.309 e. The molecule has 3 heteroatoms. The van der Waals surface area contributed by atoms with E-state index in [2.05, 4.69) is 241 Å². The Morgan fingerprint density at radius 3 is 1.42 bits per heavy atom. The molecule has 2 heterocycles. The molecule has 0 aliphatic rings. The van der Waals surface area contributed by atoms with Gasteiger partial charge in [-0.15, -0.1) is 0 Å². The SMILES string of the molecule is c1ccc(-c2cc(-c3ccccc3)cc(-c3ccc(-c4nc(-c5cccc6cc(-n7c8ccc9ccccc9c8c8c9ccccc9ccc87)ccc56)nc5ccccc45)cc3)c2)cc1. The van der Waals surface area contributed by atoms with Gasteiger partial charge in [0.15, 0.2) is 5.82 Å². The average Bonchev–Trinajstić information content (AvgIpc) is 3.74. The van der Waals surface area contributed by atoms with Crippen LogP contribution in [0, 0.1) is 0 Å². The normalized spacial score (nSPS) is 11.7. The van der Waals surface area contributed by atoms with Gasteiger partial charge in [0.1, 0.15) is 0 Å². The minimum atomic E-state index is 0.707. The molecule has 0 N–H and O–H groups in total. The molecule has 0 spiro atoms. The molecule has 0 aliphatic carbocycles. The molecule has 3 nitrogen and oxygen atoms in total. The third kappa shape index (κ3) is 6.20. The fourth-order valence-corrected chi connectivity index (χ4v) is 10.1. The van der Waals surface area contributed by atoms with E-state index < -0.39 is 0 Å². The van der Waals surface area contributed by atoms with Gasteiger partial charge in [-0.25, -0.2) is 9.97 Å². The van der Waals surface area contributed by atoms with Crippen molar-refractivity contribution in [1.29, 1.82) is 0 Å². The van der Waals surface area contributed by atoms with Crippen LogP contribution in [0.3, 0.4) is 0 Å². The van der Waals surface area contributed by atoms with Crippen molar-refractivity contribution < 1.29 is 0 Å². The highest BCUT2D eigenvalue weighted by Gasteiger charge is 2.19. The molecule has 13 rings (SSSR count). The zero-order valence-corrected chi connectivity index (χ0v) is 35.4. The van der Waals surface area contributed by atoms with Crippen LogP contribution in [0.15, 0.2) is 237 Å². The second-order valence-electron chi connectivity index (χ2n) is 16.9. The Morgan fingerprint density at radius 1 is 0.292 bits per heavy atom. The maximum atomic E-state index is 5.40. The maximum Gasteiger partial charge on any atom is 0.161 e. The first-order valence-corrected chi connectivity index (χ1v) is 22.2. The highest BCUT2D eigenvalue weighted by atomic mass is 15.0. The first kappa shape index (κ1) is 36.9. The summed E-state index contributed by atoms with van der Waals surface area (Å²) in [4.78, 5) is 10.6. The Balaban J connectivity index is 0.927. The number of benzene rings is 11. The molecule has 302 valence electrons. The van der Waals surface area contributed by atoms with Crippen molar-refractivity contribution in [2.45, 2.75) is 0 Å². The van der Waals surface area contributed by atoms with Crippen molar-refractivity contribution in [3.05, 3.63) is 237 Å². The molecule has 0 aliphatic heterocycles. The van der Waals surface area contributed by atoms with Gasteiger partial charge in [-0.05, 0) is 114 Å². The van der Waals surface area contributed by atoms with Gasteiger partial charge in [0.05, 0.1) is 22.2 Å². The summed E-state index contributed by atoms with van der Waals surface area (Å²) in [6, 6.07) is 85.2. The maximum absolute atomic E-state index is 5.40. The number of fused-ring (bicyclic) bond motifs is 9. The van der Waals surface area contributed by atoms with Crippen molar-refractivity contribution in [1.82, 2.24) is 14.5 Å². The lowest BCUT2D eigenvalue weighted by Gasteiger charge is -2.14. The molecule has 11 aromatic carbocycles. The van der Waals surface area contributed by atoms with E-state index in [1.54, 1.807) is 0 Å². The summed E-state index contributed by atoms with van der Waals surface area (Å²) in [6.45, 7) is 0. The van der Waals surface area contributed by atoms with Gasteiger partial charge >= 0.3 is 0 Å². The van der Waals surface area contributed by atoms with E-state index in [9.17, 15) is 0 Å². The van der Waals surface area contributed by atoms with Crippen LogP contribution in [0.1, 0.15) is 0 Å². The van der Waals surface area contributed by atoms with Crippen LogP contribution in [0.5, 0.6) is 0 Å². The summed E-state index contributed by atoms with van der Waals surface area (Å²) in [5.74, 6) is 0.707. The number of hydrogen-bond donors (Lipinski definition) is 0. The molecule has 0 radical (unpaired) electrons. The molecule has 0 bridgehead atoms. The van der Waals surface area contributed by atoms with Gasteiger partial charge in [0.2, 0.25) is 0 Å². The smallest absolute Gasteiger partial charge is 0.161 e. The molecule has 0 atom stereocenters. The fourth-order valence-electron chi connectivity index (χ4n) is 10.1. The number of nitrogens with zero attached hydrogens (tertiary/aromatic N) is 3. The minimum absolute atomic E-state index is 0.707. The van der Waals surface area contributed by atoms with E-state index in [-0.39, 0.29) is 0 Å². The molecule has 65 heavy (non-hydrogen) atoms. The van der Waals surface area contributed by atoms with Crippen LogP contribution < -0.4 is 0 Å². The van der Waals surface area contributed by atoms with E-state index in [0.717, 1.165) is 49.7 Å². The first-order chi connectivity index (χ1) is 32.2. The quantitative estimate of drug-likeness (QED) is 0.167. The summed E-state index contributed by atoms with van der Waals surface area (Å²) in [5.41, 5.74) is 14.5. The van der Waals surface area contributed by atoms with Crippen molar-refractivity contribution in [3.63, 3.8) is 0 Å². The largest absolute Gasteiger partial charge is 0.309 e. The van der Waals surface area contributed by atoms with Gasteiger partial charge in [-0.1, -0.05) is 188 Å². The fraction of sp³-hybridized carbons (Fsp3) is 0. The second-order valence-corrected chi connectivity index (χ2v) is 16.9. The lowest BCUT2D eigenvalue weighted by Crippen LogP contribution is -1.97. The van der Waals surface area contributed by atoms with Crippen LogP contribution in [-0.4, -0.2) is 14.5 Å². The van der Waals surface area contributed by atoms with Gasteiger partial charge in [0, 0.05) is 33.0 Å². The van der Waals surface area contributed by atoms with E-state index in [0.29, 0.717) is 5.82 Å². The number of hydrogen-bond acceptors (Lipinski definition) is 2. The molecule has 0 unspecified atom stereocenters. The van der Waals surface area contributed by atoms with Crippen LogP contribution >= 0.6 is 0 Å². The van der Waals surface area contributed by atoms with E-state index in [1.165, 1.54) is 71.2 Å². The highest BCUT2D eigenvalue weighted by Crippen LogP contribution is 2.42. The molecule has 0 fully saturated rings. The summed E-state index contributed by atoms with van der Waals surface area (Å²) < 4.78 is 2.43. The van der Waals surface area contributed by atoms with Crippen molar-refractivity contribution in [2.24, 2.45) is 0 Å². The molecule has 0 saturated heterocycles. The molecule has 13 aromatic rings. The molecular formula is C62H39N3. The van der Waals surface area contributed by atoms with Crippen LogP contribution in [0.25, 0.3) is 127 Å². The number of para-hydroxylation sites is 1. The van der Waals surface area contributed by atoms with Crippen LogP contribution in [0.2, 0.25) is 0 Å². The van der Waals surface area contributed by atoms with Crippen LogP contribution in [0.4, 0.5) is 0 Å². The Labute approximate surface area is 376 Å². The molecular weight excluding hydrogens is 787 g/mol. The molecule has 0 amide bonds. The Bertz CT molecular complexity index is 3830. The zero-order chi connectivity index (χ0) is 42.8. The first-order valence-electron chi connectivity index (χ1n) is 22.2. The Morgan fingerprint density at radius 2 is 0.800 bits per heavy atom. The second kappa shape index (κ2) is 15.0. The van der Waals surface area contributed by atoms with E-state index in [1.807, 2.05) is 0 Å². The highest BCUT2D eigenvalue weighted by molar-refractivity contribution is 6.28. The van der Waals surface area contributed by atoms with E-state index in [4.69, 9.17) is 9.97 Å². The number of aromatic nitrogens is 3. The lowest BCUT2D eigenvalue weighted by atomic mass is 9.93. The van der Waals surface area contributed by atoms with Crippen LogP contribution in [-0.2, 0) is 0 Å². The Kier molecular flexibility index (Phi) is 8.53. The number of rotatable bonds is 6. The third-order valence-corrected chi connectivity index (χ3v) is 13.2. The summed E-state index contributed by atoms with van der Waals surface area (Å²) in [5, 5.41) is 10.8. The van der Waals surface area contributed by atoms with Gasteiger partial charge in [0.25, 0.3) is 0 Å². The topological polar surface area (TPSA) is 30.7 Å².